The van der Waals surface area contributed by atoms with Crippen LogP contribution >= 0.6 is 0 Å². The molecule has 7 heteroatoms. The minimum Gasteiger partial charge on any atom is -0.479 e. The van der Waals surface area contributed by atoms with Gasteiger partial charge in [-0.3, -0.25) is 4.79 Å². The predicted molar refractivity (Wildman–Crippen MR) is 105 cm³/mol. The highest BCUT2D eigenvalue weighted by atomic mass is 19.4. The summed E-state index contributed by atoms with van der Waals surface area (Å²) in [4.78, 5) is 25.0. The van der Waals surface area contributed by atoms with Crippen molar-refractivity contribution >= 4 is 11.9 Å². The van der Waals surface area contributed by atoms with Crippen LogP contribution in [0.15, 0.2) is 91.0 Å². The Morgan fingerprint density at radius 2 is 1.13 bits per heavy atom. The lowest BCUT2D eigenvalue weighted by atomic mass is 9.74. The maximum Gasteiger partial charge on any atom is 0.423 e. The average Bonchev–Trinajstić information content (AvgIpc) is 2.74. The minimum atomic E-state index is -5.31. The van der Waals surface area contributed by atoms with E-state index in [-0.39, 0.29) is 16.7 Å². The third-order valence-electron chi connectivity index (χ3n) is 4.83. The molecule has 0 aliphatic rings. The highest BCUT2D eigenvalue weighted by molar-refractivity contribution is 5.99. The molecule has 0 aliphatic carbocycles. The van der Waals surface area contributed by atoms with Crippen molar-refractivity contribution in [2.75, 3.05) is 0 Å². The molecular formula is C23H18F3NO3. The van der Waals surface area contributed by atoms with Gasteiger partial charge in [-0.1, -0.05) is 78.9 Å². The van der Waals surface area contributed by atoms with Gasteiger partial charge in [-0.25, -0.2) is 4.79 Å². The summed E-state index contributed by atoms with van der Waals surface area (Å²) in [5, 5.41) is 11.7. The SMILES string of the molecule is O=C(N[C@@](C(=O)O)(C(c1ccccc1)c1ccccc1)C(F)(F)F)c1ccccc1. The van der Waals surface area contributed by atoms with Crippen LogP contribution in [0, 0.1) is 0 Å². The normalized spacial score (nSPS) is 13.5. The Morgan fingerprint density at radius 3 is 1.50 bits per heavy atom. The average molecular weight is 413 g/mol. The van der Waals surface area contributed by atoms with Crippen molar-refractivity contribution < 1.29 is 27.9 Å². The lowest BCUT2D eigenvalue weighted by molar-refractivity contribution is -0.210. The molecule has 154 valence electrons. The number of hydrogen-bond acceptors (Lipinski definition) is 2. The molecule has 1 atom stereocenters. The lowest BCUT2D eigenvalue weighted by Crippen LogP contribution is -2.67. The van der Waals surface area contributed by atoms with Crippen molar-refractivity contribution in [1.29, 1.82) is 0 Å². The van der Waals surface area contributed by atoms with Gasteiger partial charge in [-0.05, 0) is 23.3 Å². The molecule has 0 aromatic heterocycles. The van der Waals surface area contributed by atoms with E-state index < -0.39 is 29.5 Å². The van der Waals surface area contributed by atoms with Gasteiger partial charge in [0.25, 0.3) is 5.91 Å². The molecule has 3 aromatic carbocycles. The molecule has 0 spiro atoms. The van der Waals surface area contributed by atoms with Crippen LogP contribution in [-0.2, 0) is 4.79 Å². The first-order valence-electron chi connectivity index (χ1n) is 9.05. The van der Waals surface area contributed by atoms with Crippen molar-refractivity contribution in [3.63, 3.8) is 0 Å². The maximum absolute atomic E-state index is 14.5. The first-order chi connectivity index (χ1) is 14.3. The van der Waals surface area contributed by atoms with Crippen molar-refractivity contribution in [2.45, 2.75) is 17.6 Å². The van der Waals surface area contributed by atoms with Crippen LogP contribution in [0.1, 0.15) is 27.4 Å². The summed E-state index contributed by atoms with van der Waals surface area (Å²) in [6, 6.07) is 22.2. The van der Waals surface area contributed by atoms with E-state index in [1.807, 2.05) is 5.32 Å². The molecule has 0 radical (unpaired) electrons. The van der Waals surface area contributed by atoms with Gasteiger partial charge in [0.15, 0.2) is 0 Å². The number of halogens is 3. The van der Waals surface area contributed by atoms with E-state index in [1.165, 1.54) is 72.8 Å². The monoisotopic (exact) mass is 413 g/mol. The van der Waals surface area contributed by atoms with E-state index in [1.54, 1.807) is 18.2 Å². The molecular weight excluding hydrogens is 395 g/mol. The number of carbonyl (C=O) groups is 2. The largest absolute Gasteiger partial charge is 0.479 e. The Labute approximate surface area is 171 Å². The second-order valence-electron chi connectivity index (χ2n) is 6.69. The number of carboxylic acids is 1. The Kier molecular flexibility index (Phi) is 5.91. The number of rotatable bonds is 6. The number of hydrogen-bond donors (Lipinski definition) is 2. The number of carbonyl (C=O) groups excluding carboxylic acids is 1. The molecule has 0 fully saturated rings. The van der Waals surface area contributed by atoms with Gasteiger partial charge in [-0.2, -0.15) is 13.2 Å². The fraction of sp³-hybridized carbons (Fsp3) is 0.130. The number of benzene rings is 3. The van der Waals surface area contributed by atoms with Gasteiger partial charge in [0, 0.05) is 5.56 Å². The van der Waals surface area contributed by atoms with Crippen molar-refractivity contribution in [3.8, 4) is 0 Å². The van der Waals surface area contributed by atoms with E-state index >= 15 is 0 Å². The summed E-state index contributed by atoms with van der Waals surface area (Å²) in [6.45, 7) is 0. The number of nitrogens with one attached hydrogen (secondary N) is 1. The Balaban J connectivity index is 2.25. The van der Waals surface area contributed by atoms with Crippen LogP contribution in [0.5, 0.6) is 0 Å². The van der Waals surface area contributed by atoms with Gasteiger partial charge in [0.05, 0.1) is 5.92 Å². The molecule has 0 saturated carbocycles. The molecule has 0 unspecified atom stereocenters. The summed E-state index contributed by atoms with van der Waals surface area (Å²) < 4.78 is 43.6. The molecule has 0 bridgehead atoms. The van der Waals surface area contributed by atoms with Gasteiger partial charge in [0.1, 0.15) is 0 Å². The molecule has 0 heterocycles. The lowest BCUT2D eigenvalue weighted by Gasteiger charge is -2.39. The third-order valence-corrected chi connectivity index (χ3v) is 4.83. The zero-order chi connectivity index (χ0) is 21.8. The zero-order valence-corrected chi connectivity index (χ0v) is 15.6. The number of alkyl halides is 3. The quantitative estimate of drug-likeness (QED) is 0.619. The Hall–Kier alpha value is -3.61. The number of amides is 1. The fourth-order valence-electron chi connectivity index (χ4n) is 3.43. The smallest absolute Gasteiger partial charge is 0.423 e. The van der Waals surface area contributed by atoms with E-state index in [9.17, 15) is 27.9 Å². The molecule has 3 rings (SSSR count). The number of aliphatic carboxylic acids is 1. The second kappa shape index (κ2) is 8.41. The summed E-state index contributed by atoms with van der Waals surface area (Å²) in [6.07, 6.45) is -5.31. The number of carboxylic acid groups (broad SMARTS) is 1. The zero-order valence-electron chi connectivity index (χ0n) is 15.6. The minimum absolute atomic E-state index is 0.0766. The Bertz CT molecular complexity index is 969. The van der Waals surface area contributed by atoms with Gasteiger partial charge in [0.2, 0.25) is 5.54 Å². The first-order valence-corrected chi connectivity index (χ1v) is 9.05. The van der Waals surface area contributed by atoms with E-state index in [0.29, 0.717) is 0 Å². The van der Waals surface area contributed by atoms with Gasteiger partial charge < -0.3 is 10.4 Å². The van der Waals surface area contributed by atoms with Crippen LogP contribution in [0.3, 0.4) is 0 Å². The molecule has 2 N–H and O–H groups in total. The van der Waals surface area contributed by atoms with Gasteiger partial charge >= 0.3 is 12.1 Å². The first kappa shape index (κ1) is 21.1. The predicted octanol–water partition coefficient (Wildman–Crippen LogP) is 4.63. The van der Waals surface area contributed by atoms with Crippen molar-refractivity contribution in [1.82, 2.24) is 5.32 Å². The topological polar surface area (TPSA) is 66.4 Å². The molecule has 1 amide bonds. The summed E-state index contributed by atoms with van der Waals surface area (Å²) in [5.41, 5.74) is -3.45. The summed E-state index contributed by atoms with van der Waals surface area (Å²) in [7, 11) is 0. The Morgan fingerprint density at radius 1 is 0.733 bits per heavy atom. The highest BCUT2D eigenvalue weighted by Gasteiger charge is 2.67. The fourth-order valence-corrected chi connectivity index (χ4v) is 3.43. The molecule has 4 nitrogen and oxygen atoms in total. The molecule has 3 aromatic rings. The van der Waals surface area contributed by atoms with Crippen molar-refractivity contribution in [2.24, 2.45) is 0 Å². The van der Waals surface area contributed by atoms with E-state index in [2.05, 4.69) is 0 Å². The maximum atomic E-state index is 14.5. The standard InChI is InChI=1S/C23H18F3NO3/c24-23(25,26)22(21(29)30,27-20(28)18-14-8-3-9-15-18)19(16-10-4-1-5-11-16)17-12-6-2-7-13-17/h1-15,19H,(H,27,28)(H,29,30)/t22-/m1/s1. The third kappa shape index (κ3) is 3.91. The highest BCUT2D eigenvalue weighted by Crippen LogP contribution is 2.45. The molecule has 0 aliphatic heterocycles. The second-order valence-corrected chi connectivity index (χ2v) is 6.69. The summed E-state index contributed by atoms with van der Waals surface area (Å²) in [5.74, 6) is -5.05. The van der Waals surface area contributed by atoms with Crippen LogP contribution < -0.4 is 5.32 Å². The molecule has 30 heavy (non-hydrogen) atoms. The van der Waals surface area contributed by atoms with Crippen LogP contribution in [0.25, 0.3) is 0 Å². The van der Waals surface area contributed by atoms with Crippen LogP contribution in [0.2, 0.25) is 0 Å². The van der Waals surface area contributed by atoms with Crippen LogP contribution in [-0.4, -0.2) is 28.7 Å². The van der Waals surface area contributed by atoms with Crippen LogP contribution in [0.4, 0.5) is 13.2 Å². The van der Waals surface area contributed by atoms with Gasteiger partial charge in [-0.15, -0.1) is 0 Å². The van der Waals surface area contributed by atoms with E-state index in [0.717, 1.165) is 0 Å². The van der Waals surface area contributed by atoms with E-state index in [4.69, 9.17) is 0 Å². The summed E-state index contributed by atoms with van der Waals surface area (Å²) >= 11 is 0. The molecule has 0 saturated heterocycles. The van der Waals surface area contributed by atoms with Crippen molar-refractivity contribution in [3.05, 3.63) is 108 Å².